The summed E-state index contributed by atoms with van der Waals surface area (Å²) in [4.78, 5) is 13.2. The van der Waals surface area contributed by atoms with Crippen LogP contribution in [0.5, 0.6) is 11.5 Å². The highest BCUT2D eigenvalue weighted by atomic mass is 35.5. The van der Waals surface area contributed by atoms with Gasteiger partial charge in [0.05, 0.1) is 24.9 Å². The van der Waals surface area contributed by atoms with E-state index in [4.69, 9.17) is 39.5 Å². The van der Waals surface area contributed by atoms with Crippen molar-refractivity contribution in [3.05, 3.63) is 85.5 Å². The second-order valence-corrected chi connectivity index (χ2v) is 9.95. The van der Waals surface area contributed by atoms with E-state index in [1.54, 1.807) is 18.2 Å². The highest BCUT2D eigenvalue weighted by molar-refractivity contribution is 7.92. The molecule has 0 radical (unpaired) electrons. The van der Waals surface area contributed by atoms with Crippen molar-refractivity contribution in [1.82, 2.24) is 4.98 Å². The van der Waals surface area contributed by atoms with Gasteiger partial charge in [0.2, 0.25) is 0 Å². The number of nitro benzene ring substituents is 1. The van der Waals surface area contributed by atoms with Crippen LogP contribution < -0.4 is 9.46 Å². The minimum absolute atomic E-state index is 0.0370. The van der Waals surface area contributed by atoms with Crippen molar-refractivity contribution >= 4 is 67.1 Å². The predicted molar refractivity (Wildman–Crippen MR) is 128 cm³/mol. The second kappa shape index (κ2) is 8.75. The van der Waals surface area contributed by atoms with Crippen molar-refractivity contribution in [3.8, 4) is 11.5 Å². The zero-order valence-electron chi connectivity index (χ0n) is 16.7. The maximum atomic E-state index is 12.9. The van der Waals surface area contributed by atoms with E-state index >= 15 is 0 Å². The van der Waals surface area contributed by atoms with Crippen molar-refractivity contribution < 1.29 is 18.1 Å². The third-order valence-corrected chi connectivity index (χ3v) is 6.85. The van der Waals surface area contributed by atoms with Gasteiger partial charge in [-0.2, -0.15) is 0 Å². The molecule has 0 saturated heterocycles. The lowest BCUT2D eigenvalue weighted by Gasteiger charge is -2.14. The molecule has 0 saturated carbocycles. The molecule has 4 aromatic rings. The van der Waals surface area contributed by atoms with E-state index in [1.165, 1.54) is 24.3 Å². The molecular formula is C21H14Cl3N3O5S. The van der Waals surface area contributed by atoms with E-state index < -0.39 is 14.9 Å². The minimum atomic E-state index is -4.02. The number of aryl methyl sites for hydroxylation is 1. The average Bonchev–Trinajstić information content (AvgIpc) is 3.10. The molecule has 33 heavy (non-hydrogen) atoms. The first kappa shape index (κ1) is 23.2. The van der Waals surface area contributed by atoms with Gasteiger partial charge in [0.15, 0.2) is 5.75 Å². The number of sulfonamides is 1. The lowest BCUT2D eigenvalue weighted by atomic mass is 10.2. The zero-order chi connectivity index (χ0) is 23.9. The second-order valence-electron chi connectivity index (χ2n) is 7.05. The summed E-state index contributed by atoms with van der Waals surface area (Å²) < 4.78 is 33.9. The van der Waals surface area contributed by atoms with Gasteiger partial charge in [0, 0.05) is 34.4 Å². The number of nitrogens with zero attached hydrogens (tertiary/aromatic N) is 1. The molecule has 170 valence electrons. The number of nitro groups is 1. The summed E-state index contributed by atoms with van der Waals surface area (Å²) in [6.07, 6.45) is 0. The van der Waals surface area contributed by atoms with Crippen LogP contribution >= 0.6 is 34.8 Å². The number of halogens is 3. The molecule has 0 bridgehead atoms. The quantitative estimate of drug-likeness (QED) is 0.209. The number of H-pyrrole nitrogens is 1. The van der Waals surface area contributed by atoms with Crippen LogP contribution in [0, 0.1) is 17.0 Å². The van der Waals surface area contributed by atoms with Crippen molar-refractivity contribution in [2.75, 3.05) is 4.72 Å². The lowest BCUT2D eigenvalue weighted by Crippen LogP contribution is -2.13. The van der Waals surface area contributed by atoms with Gasteiger partial charge in [-0.25, -0.2) is 8.42 Å². The fourth-order valence-corrected chi connectivity index (χ4v) is 5.15. The predicted octanol–water partition coefficient (Wildman–Crippen LogP) is 6.94. The molecule has 0 aliphatic carbocycles. The van der Waals surface area contributed by atoms with Gasteiger partial charge in [0.1, 0.15) is 5.75 Å². The van der Waals surface area contributed by atoms with Crippen molar-refractivity contribution in [2.45, 2.75) is 11.8 Å². The number of aromatic nitrogens is 1. The lowest BCUT2D eigenvalue weighted by molar-refractivity contribution is -0.384. The number of anilines is 1. The Balaban J connectivity index is 1.62. The average molecular weight is 527 g/mol. The van der Waals surface area contributed by atoms with Crippen LogP contribution in [-0.2, 0) is 10.0 Å². The number of ether oxygens (including phenoxy) is 1. The Labute approximate surface area is 203 Å². The summed E-state index contributed by atoms with van der Waals surface area (Å²) in [6, 6.07) is 13.0. The van der Waals surface area contributed by atoms with Crippen LogP contribution in [-0.4, -0.2) is 18.3 Å². The van der Waals surface area contributed by atoms with E-state index in [0.29, 0.717) is 5.69 Å². The van der Waals surface area contributed by atoms with E-state index in [0.717, 1.165) is 22.7 Å². The topological polar surface area (TPSA) is 114 Å². The number of hydrogen-bond acceptors (Lipinski definition) is 5. The molecule has 2 N–H and O–H groups in total. The van der Waals surface area contributed by atoms with Crippen LogP contribution in [0.1, 0.15) is 5.69 Å². The summed E-state index contributed by atoms with van der Waals surface area (Å²) in [7, 11) is -4.02. The van der Waals surface area contributed by atoms with E-state index in [2.05, 4.69) is 9.71 Å². The SMILES string of the molecule is Cc1cc2cc(NS(=O)(=O)c3cc(Cl)c(Oc4ccc([N+](=O)[O-])cc4Cl)c(Cl)c3)ccc2[nH]1. The summed E-state index contributed by atoms with van der Waals surface area (Å²) in [5.41, 5.74) is 1.98. The maximum Gasteiger partial charge on any atom is 0.271 e. The van der Waals surface area contributed by atoms with E-state index in [9.17, 15) is 18.5 Å². The Morgan fingerprint density at radius 3 is 2.30 bits per heavy atom. The molecule has 1 heterocycles. The first-order valence-corrected chi connectivity index (χ1v) is 11.9. The molecular weight excluding hydrogens is 513 g/mol. The number of aromatic amines is 1. The Morgan fingerprint density at radius 1 is 0.970 bits per heavy atom. The fraction of sp³-hybridized carbons (Fsp3) is 0.0476. The molecule has 3 aromatic carbocycles. The van der Waals surface area contributed by atoms with E-state index in [1.807, 2.05) is 13.0 Å². The van der Waals surface area contributed by atoms with Crippen LogP contribution in [0.4, 0.5) is 11.4 Å². The summed E-state index contributed by atoms with van der Waals surface area (Å²) in [5.74, 6) is 0.0205. The molecule has 1 aromatic heterocycles. The molecule has 12 heteroatoms. The van der Waals surface area contributed by atoms with Crippen LogP contribution in [0.25, 0.3) is 10.9 Å². The highest BCUT2D eigenvalue weighted by Crippen LogP contribution is 2.41. The summed E-state index contributed by atoms with van der Waals surface area (Å²) in [6.45, 7) is 1.90. The number of nitrogens with one attached hydrogen (secondary N) is 2. The molecule has 0 spiro atoms. The standard InChI is InChI=1S/C21H14Cl3N3O5S/c1-11-6-12-7-13(2-4-19(12)25-11)26-33(30,31)15-9-17(23)21(18(24)10-15)32-20-5-3-14(27(28)29)8-16(20)22/h2-10,25-26H,1H3. The molecule has 0 aliphatic rings. The molecule has 8 nitrogen and oxygen atoms in total. The monoisotopic (exact) mass is 525 g/mol. The summed E-state index contributed by atoms with van der Waals surface area (Å²) >= 11 is 18.5. The fourth-order valence-electron chi connectivity index (χ4n) is 3.14. The third kappa shape index (κ3) is 4.86. The van der Waals surface area contributed by atoms with Gasteiger partial charge >= 0.3 is 0 Å². The first-order valence-electron chi connectivity index (χ1n) is 9.26. The number of non-ortho nitro benzene ring substituents is 1. The maximum absolute atomic E-state index is 12.9. The van der Waals surface area contributed by atoms with Gasteiger partial charge in [-0.05, 0) is 49.4 Å². The smallest absolute Gasteiger partial charge is 0.271 e. The molecule has 4 rings (SSSR count). The van der Waals surface area contributed by atoms with Crippen LogP contribution in [0.15, 0.2) is 59.5 Å². The van der Waals surface area contributed by atoms with Gasteiger partial charge in [0.25, 0.3) is 15.7 Å². The van der Waals surface area contributed by atoms with Gasteiger partial charge in [-0.15, -0.1) is 0 Å². The third-order valence-electron chi connectivity index (χ3n) is 4.63. The highest BCUT2D eigenvalue weighted by Gasteiger charge is 2.21. The van der Waals surface area contributed by atoms with Crippen molar-refractivity contribution in [2.24, 2.45) is 0 Å². The Morgan fingerprint density at radius 2 is 1.67 bits per heavy atom. The number of benzene rings is 3. The van der Waals surface area contributed by atoms with Gasteiger partial charge < -0.3 is 9.72 Å². The molecule has 0 unspecified atom stereocenters. The zero-order valence-corrected chi connectivity index (χ0v) is 19.8. The Bertz CT molecular complexity index is 1500. The Hall–Kier alpha value is -2.98. The van der Waals surface area contributed by atoms with E-state index in [-0.39, 0.29) is 37.1 Å². The number of fused-ring (bicyclic) bond motifs is 1. The van der Waals surface area contributed by atoms with Crippen molar-refractivity contribution in [3.63, 3.8) is 0 Å². The normalized spacial score (nSPS) is 11.5. The Kier molecular flexibility index (Phi) is 6.15. The largest absolute Gasteiger partial charge is 0.453 e. The van der Waals surface area contributed by atoms with Crippen molar-refractivity contribution in [1.29, 1.82) is 0 Å². The molecule has 0 aliphatic heterocycles. The summed E-state index contributed by atoms with van der Waals surface area (Å²) in [5, 5.41) is 11.5. The molecule has 0 atom stereocenters. The van der Waals surface area contributed by atoms with Gasteiger partial charge in [-0.1, -0.05) is 34.8 Å². The number of hydrogen-bond donors (Lipinski definition) is 2. The van der Waals surface area contributed by atoms with Gasteiger partial charge in [-0.3, -0.25) is 14.8 Å². The molecule has 0 fully saturated rings. The number of rotatable bonds is 6. The minimum Gasteiger partial charge on any atom is -0.453 e. The van der Waals surface area contributed by atoms with Crippen LogP contribution in [0.3, 0.4) is 0 Å². The van der Waals surface area contributed by atoms with Crippen LogP contribution in [0.2, 0.25) is 15.1 Å². The first-order chi connectivity index (χ1) is 15.5. The molecule has 0 amide bonds.